The monoisotopic (exact) mass is 291 g/mol. The molecule has 0 fully saturated rings. The van der Waals surface area contributed by atoms with Crippen molar-refractivity contribution in [2.75, 3.05) is 18.5 Å². The summed E-state index contributed by atoms with van der Waals surface area (Å²) in [5, 5.41) is 13.6. The second-order valence-electron chi connectivity index (χ2n) is 4.94. The lowest BCUT2D eigenvalue weighted by Gasteiger charge is -2.17. The van der Waals surface area contributed by atoms with Gasteiger partial charge in [0.1, 0.15) is 0 Å². The molecule has 0 saturated carbocycles. The van der Waals surface area contributed by atoms with E-state index in [0.29, 0.717) is 11.3 Å². The van der Waals surface area contributed by atoms with Crippen molar-refractivity contribution in [3.63, 3.8) is 0 Å². The number of nitrogens with one attached hydrogen (secondary N) is 2. The number of amides is 4. The minimum Gasteiger partial charge on any atom is -0.395 e. The lowest BCUT2D eigenvalue weighted by atomic mass is 10.1. The first-order valence-electron chi connectivity index (χ1n) is 6.63. The third-order valence-corrected chi connectivity index (χ3v) is 3.09. The Kier molecular flexibility index (Phi) is 4.23. The van der Waals surface area contributed by atoms with E-state index in [4.69, 9.17) is 5.11 Å². The number of urea groups is 1. The number of aliphatic hydroxyl groups excluding tert-OH is 1. The van der Waals surface area contributed by atoms with Crippen LogP contribution in [-0.2, 0) is 0 Å². The van der Waals surface area contributed by atoms with Gasteiger partial charge in [-0.3, -0.25) is 14.5 Å². The maximum absolute atomic E-state index is 12.2. The zero-order chi connectivity index (χ0) is 15.6. The molecular weight excluding hydrogens is 274 g/mol. The van der Waals surface area contributed by atoms with Gasteiger partial charge in [0, 0.05) is 18.3 Å². The van der Waals surface area contributed by atoms with E-state index in [1.165, 1.54) is 17.0 Å². The molecule has 7 nitrogen and oxygen atoms in total. The molecule has 1 aromatic rings. The van der Waals surface area contributed by atoms with Crippen LogP contribution in [0, 0.1) is 0 Å². The van der Waals surface area contributed by atoms with E-state index in [1.54, 1.807) is 19.9 Å². The molecule has 3 N–H and O–H groups in total. The Morgan fingerprint density at radius 1 is 1.24 bits per heavy atom. The molecule has 112 valence electrons. The second kappa shape index (κ2) is 5.92. The summed E-state index contributed by atoms with van der Waals surface area (Å²) >= 11 is 0. The minimum atomic E-state index is -0.485. The highest BCUT2D eigenvalue weighted by Crippen LogP contribution is 2.27. The van der Waals surface area contributed by atoms with Gasteiger partial charge in [-0.1, -0.05) is 0 Å². The largest absolute Gasteiger partial charge is 0.395 e. The molecule has 0 bridgehead atoms. The summed E-state index contributed by atoms with van der Waals surface area (Å²) in [7, 11) is 0. The normalized spacial score (nSPS) is 13.6. The van der Waals surface area contributed by atoms with Gasteiger partial charge in [0.2, 0.25) is 0 Å². The van der Waals surface area contributed by atoms with Crippen LogP contribution < -0.4 is 10.6 Å². The van der Waals surface area contributed by atoms with Gasteiger partial charge in [-0.15, -0.1) is 0 Å². The van der Waals surface area contributed by atoms with Crippen LogP contribution >= 0.6 is 0 Å². The molecule has 0 aromatic heterocycles. The van der Waals surface area contributed by atoms with Crippen molar-refractivity contribution in [2.45, 2.75) is 19.9 Å². The number of fused-ring (bicyclic) bond motifs is 1. The number of anilines is 1. The molecule has 1 aliphatic heterocycles. The topological polar surface area (TPSA) is 98.7 Å². The zero-order valence-electron chi connectivity index (χ0n) is 11.8. The molecule has 2 rings (SSSR count). The average Bonchev–Trinajstić information content (AvgIpc) is 2.68. The quantitative estimate of drug-likeness (QED) is 0.715. The summed E-state index contributed by atoms with van der Waals surface area (Å²) in [4.78, 5) is 37.0. The van der Waals surface area contributed by atoms with Gasteiger partial charge in [0.15, 0.2) is 0 Å². The first kappa shape index (κ1) is 15.0. The van der Waals surface area contributed by atoms with Gasteiger partial charge in [-0.2, -0.15) is 0 Å². The zero-order valence-corrected chi connectivity index (χ0v) is 11.8. The maximum atomic E-state index is 12.2. The molecule has 21 heavy (non-hydrogen) atoms. The molecule has 0 unspecified atom stereocenters. The number of hydrogen-bond donors (Lipinski definition) is 3. The Bertz CT molecular complexity index is 598. The summed E-state index contributed by atoms with van der Waals surface area (Å²) in [6.07, 6.45) is 0. The summed E-state index contributed by atoms with van der Waals surface area (Å²) in [6.45, 7) is 3.51. The number of benzene rings is 1. The van der Waals surface area contributed by atoms with Crippen LogP contribution in [0.2, 0.25) is 0 Å². The molecule has 0 radical (unpaired) electrons. The van der Waals surface area contributed by atoms with Gasteiger partial charge in [0.25, 0.3) is 11.8 Å². The first-order valence-corrected chi connectivity index (χ1v) is 6.63. The summed E-state index contributed by atoms with van der Waals surface area (Å²) in [5.41, 5.74) is 1.04. The predicted molar refractivity (Wildman–Crippen MR) is 76.2 cm³/mol. The summed E-state index contributed by atoms with van der Waals surface area (Å²) in [5.74, 6) is -0.675. The second-order valence-corrected chi connectivity index (χ2v) is 4.94. The fraction of sp³-hybridized carbons (Fsp3) is 0.357. The van der Waals surface area contributed by atoms with E-state index in [0.717, 1.165) is 0 Å². The highest BCUT2D eigenvalue weighted by Gasteiger charge is 2.37. The van der Waals surface area contributed by atoms with E-state index in [1.807, 2.05) is 0 Å². The standard InChI is InChI=1S/C14H17N3O4/c1-8(2)17-12(19)10-4-3-9(7-11(10)13(17)20)16-14(21)15-5-6-18/h3-4,7-8,18H,5-6H2,1-2H3,(H2,15,16,21). The molecule has 1 aliphatic rings. The van der Waals surface area contributed by atoms with Crippen LogP contribution in [0.3, 0.4) is 0 Å². The number of carbonyl (C=O) groups is 3. The van der Waals surface area contributed by atoms with Gasteiger partial charge in [0.05, 0.1) is 17.7 Å². The van der Waals surface area contributed by atoms with Crippen LogP contribution in [-0.4, -0.2) is 47.0 Å². The van der Waals surface area contributed by atoms with Crippen LogP contribution in [0.4, 0.5) is 10.5 Å². The molecule has 0 spiro atoms. The van der Waals surface area contributed by atoms with Crippen molar-refractivity contribution in [1.82, 2.24) is 10.2 Å². The third-order valence-electron chi connectivity index (χ3n) is 3.09. The van der Waals surface area contributed by atoms with Crippen LogP contribution in [0.1, 0.15) is 34.6 Å². The van der Waals surface area contributed by atoms with Crippen molar-refractivity contribution in [2.24, 2.45) is 0 Å². The fourth-order valence-electron chi connectivity index (χ4n) is 2.15. The van der Waals surface area contributed by atoms with E-state index >= 15 is 0 Å². The Morgan fingerprint density at radius 2 is 1.90 bits per heavy atom. The number of hydrogen-bond acceptors (Lipinski definition) is 4. The Hall–Kier alpha value is -2.41. The van der Waals surface area contributed by atoms with Crippen LogP contribution in [0.25, 0.3) is 0 Å². The molecule has 1 aromatic carbocycles. The number of nitrogens with zero attached hydrogens (tertiary/aromatic N) is 1. The van der Waals surface area contributed by atoms with Crippen molar-refractivity contribution < 1.29 is 19.5 Å². The van der Waals surface area contributed by atoms with Crippen molar-refractivity contribution >= 4 is 23.5 Å². The van der Waals surface area contributed by atoms with E-state index in [9.17, 15) is 14.4 Å². The fourth-order valence-corrected chi connectivity index (χ4v) is 2.15. The maximum Gasteiger partial charge on any atom is 0.319 e. The SMILES string of the molecule is CC(C)N1C(=O)c2ccc(NC(=O)NCCO)cc2C1=O. The lowest BCUT2D eigenvalue weighted by Crippen LogP contribution is -2.35. The smallest absolute Gasteiger partial charge is 0.319 e. The van der Waals surface area contributed by atoms with Crippen LogP contribution in [0.5, 0.6) is 0 Å². The molecular formula is C14H17N3O4. The number of aliphatic hydroxyl groups is 1. The summed E-state index contributed by atoms with van der Waals surface area (Å²) < 4.78 is 0. The molecule has 1 heterocycles. The van der Waals surface area contributed by atoms with Gasteiger partial charge in [-0.25, -0.2) is 4.79 Å². The van der Waals surface area contributed by atoms with Gasteiger partial charge >= 0.3 is 6.03 Å². The first-order chi connectivity index (χ1) is 9.95. The molecule has 0 atom stereocenters. The molecule has 7 heteroatoms. The predicted octanol–water partition coefficient (Wildman–Crippen LogP) is 0.805. The molecule has 0 aliphatic carbocycles. The number of carbonyl (C=O) groups excluding carboxylic acids is 3. The highest BCUT2D eigenvalue weighted by atomic mass is 16.3. The Morgan fingerprint density at radius 3 is 2.52 bits per heavy atom. The minimum absolute atomic E-state index is 0.134. The summed E-state index contributed by atoms with van der Waals surface area (Å²) in [6, 6.07) is 3.87. The lowest BCUT2D eigenvalue weighted by molar-refractivity contribution is 0.0609. The Balaban J connectivity index is 2.20. The van der Waals surface area contributed by atoms with Crippen molar-refractivity contribution in [1.29, 1.82) is 0 Å². The number of imide groups is 1. The molecule has 0 saturated heterocycles. The van der Waals surface area contributed by atoms with Crippen molar-refractivity contribution in [3.8, 4) is 0 Å². The van der Waals surface area contributed by atoms with Gasteiger partial charge < -0.3 is 15.7 Å². The average molecular weight is 291 g/mol. The highest BCUT2D eigenvalue weighted by molar-refractivity contribution is 6.22. The van der Waals surface area contributed by atoms with Crippen molar-refractivity contribution in [3.05, 3.63) is 29.3 Å². The van der Waals surface area contributed by atoms with E-state index < -0.39 is 6.03 Å². The molecule has 4 amide bonds. The number of rotatable bonds is 4. The third kappa shape index (κ3) is 2.87. The van der Waals surface area contributed by atoms with Crippen LogP contribution in [0.15, 0.2) is 18.2 Å². The van der Waals surface area contributed by atoms with E-state index in [2.05, 4.69) is 10.6 Å². The van der Waals surface area contributed by atoms with Gasteiger partial charge in [-0.05, 0) is 32.0 Å². The Labute approximate surface area is 121 Å². The van der Waals surface area contributed by atoms with E-state index in [-0.39, 0.29) is 36.6 Å².